The van der Waals surface area contributed by atoms with E-state index in [2.05, 4.69) is 30.2 Å². The van der Waals surface area contributed by atoms with Gasteiger partial charge < -0.3 is 30.0 Å². The molecule has 0 bridgehead atoms. The van der Waals surface area contributed by atoms with Gasteiger partial charge in [0, 0.05) is 29.0 Å². The second-order valence-electron chi connectivity index (χ2n) is 7.36. The Kier molecular flexibility index (Phi) is 4.93. The number of hydrogen-bond donors (Lipinski definition) is 4. The number of pyridine rings is 1. The summed E-state index contributed by atoms with van der Waals surface area (Å²) in [5, 5.41) is 26.3. The number of nitrogens with zero attached hydrogens (tertiary/aromatic N) is 6. The van der Waals surface area contributed by atoms with Crippen molar-refractivity contribution >= 4 is 34.5 Å². The van der Waals surface area contributed by atoms with Crippen LogP contribution in [0.1, 0.15) is 16.0 Å². The molecule has 1 amide bonds. The Labute approximate surface area is 201 Å². The molecular weight excluding hydrogens is 468 g/mol. The normalized spacial score (nSPS) is 23.9. The second-order valence-corrected chi connectivity index (χ2v) is 7.80. The first-order valence-corrected chi connectivity index (χ1v) is 10.3. The number of fused-ring (bicyclic) bond motifs is 1. The molecule has 14 heteroatoms. The van der Waals surface area contributed by atoms with Crippen molar-refractivity contribution in [1.82, 2.24) is 34.8 Å². The lowest BCUT2D eigenvalue weighted by atomic mass is 10.1. The van der Waals surface area contributed by atoms with E-state index in [0.717, 1.165) is 0 Å². The Balaban J connectivity index is 1.54. The van der Waals surface area contributed by atoms with Crippen molar-refractivity contribution in [3.63, 3.8) is 0 Å². The molecule has 0 saturated carbocycles. The van der Waals surface area contributed by atoms with Crippen molar-refractivity contribution < 1.29 is 28.3 Å². The van der Waals surface area contributed by atoms with E-state index in [4.69, 9.17) is 24.9 Å². The summed E-state index contributed by atoms with van der Waals surface area (Å²) in [6.45, 7) is -2.57. The number of hydrogen-bond acceptors (Lipinski definition) is 11. The molecule has 1 aliphatic rings. The van der Waals surface area contributed by atoms with Gasteiger partial charge in [-0.1, -0.05) is 11.6 Å². The number of ether oxygens (including phenoxy) is 1. The molecule has 0 radical (unpaired) electrons. The third kappa shape index (κ3) is 3.94. The number of halogens is 1. The van der Waals surface area contributed by atoms with Crippen molar-refractivity contribution in [3.8, 4) is 11.4 Å². The van der Waals surface area contributed by atoms with E-state index in [1.165, 1.54) is 35.9 Å². The predicted molar refractivity (Wildman–Crippen MR) is 117 cm³/mol. The molecule has 1 fully saturated rings. The summed E-state index contributed by atoms with van der Waals surface area (Å²) < 4.78 is 33.5. The van der Waals surface area contributed by atoms with Gasteiger partial charge in [0.05, 0.1) is 23.6 Å². The lowest BCUT2D eigenvalue weighted by Gasteiger charge is -2.17. The van der Waals surface area contributed by atoms with E-state index in [1.54, 1.807) is 11.4 Å². The van der Waals surface area contributed by atoms with Crippen LogP contribution in [0.15, 0.2) is 41.9 Å². The molecule has 1 aliphatic heterocycles. The minimum atomic E-state index is -2.80. The zero-order valence-corrected chi connectivity index (χ0v) is 17.9. The number of carbonyl (C=O) groups excluding carboxylic acids is 1. The van der Waals surface area contributed by atoms with Crippen LogP contribution in [0.4, 0.5) is 5.82 Å². The lowest BCUT2D eigenvalue weighted by molar-refractivity contribution is -0.137. The van der Waals surface area contributed by atoms with Gasteiger partial charge in [-0.25, -0.2) is 19.9 Å². The molecule has 5 rings (SSSR count). The van der Waals surface area contributed by atoms with Crippen LogP contribution in [0.25, 0.3) is 22.6 Å². The summed E-state index contributed by atoms with van der Waals surface area (Å²) in [4.78, 5) is 33.9. The highest BCUT2D eigenvalue weighted by molar-refractivity contribution is 6.30. The number of anilines is 1. The molecule has 0 unspecified atom stereocenters. The number of aliphatic hydroxyl groups excluding tert-OH is 2. The highest BCUT2D eigenvalue weighted by Crippen LogP contribution is 2.33. The Morgan fingerprint density at radius 2 is 2.18 bits per heavy atom. The standard InChI is InChI=1S/C20H19ClN8O5/c1-22-19(32)15-13(30)14(31)20(34-15)29-7-25-12-17(24-5-11-6-33-8-26-11)27-16(28-18(12)29)9-2-10(21)4-23-3-9/h2-4,6-8,13-15,20,30-31H,5H2,1H3,(H,22,32)(H,24,27,28)/t13-,14+,15-,20+/m0/s1/i1D3. The molecule has 34 heavy (non-hydrogen) atoms. The number of carbonyl (C=O) groups is 1. The van der Waals surface area contributed by atoms with Crippen molar-refractivity contribution in [2.24, 2.45) is 0 Å². The molecular formula is C20H19ClN8O5. The highest BCUT2D eigenvalue weighted by Gasteiger charge is 2.47. The van der Waals surface area contributed by atoms with Crippen LogP contribution in [0, 0.1) is 0 Å². The van der Waals surface area contributed by atoms with Crippen LogP contribution < -0.4 is 10.6 Å². The molecule has 4 atom stereocenters. The predicted octanol–water partition coefficient (Wildman–Crippen LogP) is 0.507. The van der Waals surface area contributed by atoms with E-state index in [-0.39, 0.29) is 23.5 Å². The van der Waals surface area contributed by atoms with Crippen molar-refractivity contribution in [2.75, 3.05) is 12.3 Å². The first-order valence-electron chi connectivity index (χ1n) is 11.4. The Morgan fingerprint density at radius 1 is 1.29 bits per heavy atom. The molecule has 0 spiro atoms. The fourth-order valence-electron chi connectivity index (χ4n) is 3.57. The van der Waals surface area contributed by atoms with Gasteiger partial charge in [0.25, 0.3) is 5.91 Å². The van der Waals surface area contributed by atoms with E-state index in [9.17, 15) is 15.0 Å². The van der Waals surface area contributed by atoms with Crippen LogP contribution >= 0.6 is 11.6 Å². The van der Waals surface area contributed by atoms with Crippen LogP contribution in [0.5, 0.6) is 0 Å². The largest absolute Gasteiger partial charge is 0.451 e. The minimum absolute atomic E-state index is 0.181. The number of rotatable bonds is 6. The van der Waals surface area contributed by atoms with Crippen LogP contribution in [-0.4, -0.2) is 70.9 Å². The Bertz CT molecular complexity index is 1430. The second kappa shape index (κ2) is 8.95. The van der Waals surface area contributed by atoms with Crippen molar-refractivity contribution in [1.29, 1.82) is 0 Å². The number of nitrogens with one attached hydrogen (secondary N) is 2. The topological polar surface area (TPSA) is 173 Å². The minimum Gasteiger partial charge on any atom is -0.451 e. The fourth-order valence-corrected chi connectivity index (χ4v) is 3.74. The number of aromatic nitrogens is 6. The maximum Gasteiger partial charge on any atom is 0.251 e. The van der Waals surface area contributed by atoms with Crippen LogP contribution in [0.3, 0.4) is 0 Å². The summed E-state index contributed by atoms with van der Waals surface area (Å²) in [6, 6.07) is 1.61. The third-order valence-electron chi connectivity index (χ3n) is 5.20. The molecule has 4 N–H and O–H groups in total. The number of aliphatic hydroxyl groups is 2. The van der Waals surface area contributed by atoms with Gasteiger partial charge in [-0.15, -0.1) is 0 Å². The molecule has 13 nitrogen and oxygen atoms in total. The van der Waals surface area contributed by atoms with Crippen LogP contribution in [-0.2, 0) is 16.1 Å². The summed E-state index contributed by atoms with van der Waals surface area (Å²) in [7, 11) is 0. The third-order valence-corrected chi connectivity index (χ3v) is 5.41. The monoisotopic (exact) mass is 489 g/mol. The summed E-state index contributed by atoms with van der Waals surface area (Å²) >= 11 is 6.09. The number of imidazole rings is 1. The first-order chi connectivity index (χ1) is 17.6. The Hall–Kier alpha value is -3.65. The van der Waals surface area contributed by atoms with Crippen molar-refractivity contribution in [3.05, 3.63) is 48.2 Å². The summed E-state index contributed by atoms with van der Waals surface area (Å²) in [6.07, 6.45) is 0.702. The summed E-state index contributed by atoms with van der Waals surface area (Å²) in [5.41, 5.74) is 1.54. The van der Waals surface area contributed by atoms with Gasteiger partial charge in [0.2, 0.25) is 0 Å². The van der Waals surface area contributed by atoms with Crippen LogP contribution in [0.2, 0.25) is 5.02 Å². The molecule has 176 valence electrons. The molecule has 5 heterocycles. The van der Waals surface area contributed by atoms with Gasteiger partial charge >= 0.3 is 0 Å². The molecule has 1 saturated heterocycles. The van der Waals surface area contributed by atoms with E-state index in [1.807, 2.05) is 0 Å². The number of amides is 1. The smallest absolute Gasteiger partial charge is 0.251 e. The lowest BCUT2D eigenvalue weighted by Crippen LogP contribution is -2.41. The maximum absolute atomic E-state index is 12.4. The zero-order valence-electron chi connectivity index (χ0n) is 20.2. The maximum atomic E-state index is 12.4. The van der Waals surface area contributed by atoms with Gasteiger partial charge in [-0.2, -0.15) is 0 Å². The fraction of sp³-hybridized carbons (Fsp3) is 0.300. The average molecular weight is 490 g/mol. The quantitative estimate of drug-likeness (QED) is 0.297. The van der Waals surface area contributed by atoms with E-state index in [0.29, 0.717) is 22.1 Å². The van der Waals surface area contributed by atoms with Gasteiger partial charge in [0.15, 0.2) is 41.5 Å². The summed E-state index contributed by atoms with van der Waals surface area (Å²) in [5.74, 6) is -0.600. The van der Waals surface area contributed by atoms with Gasteiger partial charge in [-0.05, 0) is 6.07 Å². The molecule has 0 aromatic carbocycles. The number of oxazole rings is 1. The zero-order chi connectivity index (χ0) is 26.3. The number of likely N-dealkylation sites (N-methyl/N-ethyl adjacent to an activating group) is 1. The molecule has 0 aliphatic carbocycles. The van der Waals surface area contributed by atoms with Crippen molar-refractivity contribution in [2.45, 2.75) is 31.1 Å². The Morgan fingerprint density at radius 3 is 2.94 bits per heavy atom. The average Bonchev–Trinajstić information content (AvgIpc) is 3.57. The van der Waals surface area contributed by atoms with E-state index >= 15 is 0 Å². The van der Waals surface area contributed by atoms with E-state index < -0.39 is 37.4 Å². The SMILES string of the molecule is [2H]C([2H])([2H])NC(=O)[C@H]1O[C@@H](n2cnc3c(NCc4cocn4)nc(-c4cncc(Cl)c4)nc32)[C@H](O)[C@@H]1O. The molecule has 4 aromatic rings. The van der Waals surface area contributed by atoms with Gasteiger partial charge in [0.1, 0.15) is 18.5 Å². The highest BCUT2D eigenvalue weighted by atomic mass is 35.5. The first kappa shape index (κ1) is 18.7. The van der Waals surface area contributed by atoms with Gasteiger partial charge in [-0.3, -0.25) is 14.3 Å². The molecule has 4 aromatic heterocycles.